The number of benzene rings is 2. The van der Waals surface area contributed by atoms with Crippen molar-refractivity contribution in [1.82, 2.24) is 0 Å². The number of aromatic hydroxyl groups is 1. The lowest BCUT2D eigenvalue weighted by Crippen LogP contribution is -2.03. The van der Waals surface area contributed by atoms with Gasteiger partial charge in [0, 0.05) is 10.7 Å². The summed E-state index contributed by atoms with van der Waals surface area (Å²) in [5.74, 6) is -0.506. The fourth-order valence-electron chi connectivity index (χ4n) is 1.50. The monoisotopic (exact) mass is 343 g/mol. The van der Waals surface area contributed by atoms with Crippen LogP contribution < -0.4 is 0 Å². The van der Waals surface area contributed by atoms with E-state index in [1.54, 1.807) is 12.1 Å². The van der Waals surface area contributed by atoms with E-state index in [9.17, 15) is 18.3 Å². The van der Waals surface area contributed by atoms with Crippen molar-refractivity contribution in [3.05, 3.63) is 58.1 Å². The van der Waals surface area contributed by atoms with Gasteiger partial charge in [0.15, 0.2) is 0 Å². The minimum atomic E-state index is -4.48. The second-order valence-corrected chi connectivity index (χ2v) is 4.93. The molecule has 0 saturated heterocycles. The zero-order chi connectivity index (χ0) is 14.8. The summed E-state index contributed by atoms with van der Waals surface area (Å²) < 4.78 is 38.2. The van der Waals surface area contributed by atoms with Gasteiger partial charge < -0.3 is 5.11 Å². The number of halogens is 4. The summed E-state index contributed by atoms with van der Waals surface area (Å²) in [4.78, 5) is 3.97. The highest BCUT2D eigenvalue weighted by Crippen LogP contribution is 2.35. The second kappa shape index (κ2) is 5.66. The predicted molar refractivity (Wildman–Crippen MR) is 74.5 cm³/mol. The molecule has 0 aliphatic carbocycles. The number of aliphatic imine (C=N–C) groups is 1. The molecule has 0 atom stereocenters. The van der Waals surface area contributed by atoms with E-state index in [-0.39, 0.29) is 5.69 Å². The van der Waals surface area contributed by atoms with Crippen molar-refractivity contribution in [3.8, 4) is 5.75 Å². The minimum absolute atomic E-state index is 0.0842. The molecule has 104 valence electrons. The molecule has 0 heterocycles. The van der Waals surface area contributed by atoms with Gasteiger partial charge in [-0.2, -0.15) is 13.2 Å². The van der Waals surface area contributed by atoms with Crippen LogP contribution in [0.25, 0.3) is 0 Å². The first-order chi connectivity index (χ1) is 9.36. The molecule has 2 nitrogen and oxygen atoms in total. The van der Waals surface area contributed by atoms with Gasteiger partial charge in [-0.3, -0.25) is 4.99 Å². The molecule has 20 heavy (non-hydrogen) atoms. The summed E-state index contributed by atoms with van der Waals surface area (Å²) in [5, 5.41) is 9.56. The highest BCUT2D eigenvalue weighted by Gasteiger charge is 2.31. The third-order valence-corrected chi connectivity index (χ3v) is 3.05. The van der Waals surface area contributed by atoms with Crippen LogP contribution in [-0.4, -0.2) is 11.3 Å². The Balaban J connectivity index is 2.24. The van der Waals surface area contributed by atoms with Crippen molar-refractivity contribution in [2.45, 2.75) is 6.18 Å². The van der Waals surface area contributed by atoms with Gasteiger partial charge in [-0.1, -0.05) is 28.1 Å². The van der Waals surface area contributed by atoms with Crippen LogP contribution in [0.3, 0.4) is 0 Å². The molecular formula is C14H9BrF3NO. The maximum atomic E-state index is 12.4. The molecule has 0 aliphatic rings. The van der Waals surface area contributed by atoms with E-state index in [2.05, 4.69) is 20.9 Å². The number of alkyl halides is 3. The molecule has 2 aromatic rings. The van der Waals surface area contributed by atoms with Crippen molar-refractivity contribution in [2.24, 2.45) is 4.99 Å². The molecule has 6 heteroatoms. The highest BCUT2D eigenvalue weighted by molar-refractivity contribution is 9.10. The minimum Gasteiger partial charge on any atom is -0.506 e. The van der Waals surface area contributed by atoms with Crippen molar-refractivity contribution in [3.63, 3.8) is 0 Å². The SMILES string of the molecule is Oc1cc(C(F)(F)F)ccc1N=Cc1ccc(Br)cc1. The molecule has 2 rings (SSSR count). The third kappa shape index (κ3) is 3.60. The molecule has 0 saturated carbocycles. The first kappa shape index (κ1) is 14.6. The van der Waals surface area contributed by atoms with Gasteiger partial charge in [-0.15, -0.1) is 0 Å². The Labute approximate surface area is 121 Å². The number of nitrogens with zero attached hydrogens (tertiary/aromatic N) is 1. The van der Waals surface area contributed by atoms with Crippen LogP contribution in [0.1, 0.15) is 11.1 Å². The Morgan fingerprint density at radius 3 is 2.25 bits per heavy atom. The zero-order valence-electron chi connectivity index (χ0n) is 10.0. The quantitative estimate of drug-likeness (QED) is 0.771. The van der Waals surface area contributed by atoms with E-state index < -0.39 is 17.5 Å². The van der Waals surface area contributed by atoms with Crippen molar-refractivity contribution < 1.29 is 18.3 Å². The van der Waals surface area contributed by atoms with E-state index in [1.807, 2.05) is 12.1 Å². The summed E-state index contributed by atoms with van der Waals surface area (Å²) in [6.07, 6.45) is -3.01. The molecule has 0 radical (unpaired) electrons. The zero-order valence-corrected chi connectivity index (χ0v) is 11.6. The molecule has 0 amide bonds. The first-order valence-electron chi connectivity index (χ1n) is 5.56. The van der Waals surface area contributed by atoms with Crippen LogP contribution in [0.15, 0.2) is 51.9 Å². The molecule has 0 unspecified atom stereocenters. The Kier molecular flexibility index (Phi) is 4.13. The van der Waals surface area contributed by atoms with Gasteiger partial charge in [0.1, 0.15) is 11.4 Å². The maximum absolute atomic E-state index is 12.4. The molecule has 1 N–H and O–H groups in total. The molecule has 2 aromatic carbocycles. The Morgan fingerprint density at radius 2 is 1.70 bits per heavy atom. The van der Waals surface area contributed by atoms with Crippen LogP contribution >= 0.6 is 15.9 Å². The Bertz CT molecular complexity index is 636. The predicted octanol–water partition coefficient (Wildman–Crippen LogP) is 4.92. The number of hydrogen-bond acceptors (Lipinski definition) is 2. The lowest BCUT2D eigenvalue weighted by atomic mass is 10.2. The van der Waals surface area contributed by atoms with Crippen LogP contribution in [0, 0.1) is 0 Å². The fraction of sp³-hybridized carbons (Fsp3) is 0.0714. The smallest absolute Gasteiger partial charge is 0.416 e. The van der Waals surface area contributed by atoms with Gasteiger partial charge in [-0.05, 0) is 35.9 Å². The number of rotatable bonds is 2. The highest BCUT2D eigenvalue weighted by atomic mass is 79.9. The van der Waals surface area contributed by atoms with Gasteiger partial charge in [-0.25, -0.2) is 0 Å². The topological polar surface area (TPSA) is 32.6 Å². The maximum Gasteiger partial charge on any atom is 0.416 e. The van der Waals surface area contributed by atoms with Gasteiger partial charge in [0.05, 0.1) is 5.56 Å². The van der Waals surface area contributed by atoms with E-state index in [0.717, 1.165) is 22.2 Å². The summed E-state index contributed by atoms with van der Waals surface area (Å²) in [6.45, 7) is 0. The first-order valence-corrected chi connectivity index (χ1v) is 6.35. The molecule has 0 spiro atoms. The van der Waals surface area contributed by atoms with Crippen LogP contribution in [-0.2, 0) is 6.18 Å². The van der Waals surface area contributed by atoms with Crippen LogP contribution in [0.2, 0.25) is 0 Å². The molecule has 0 aliphatic heterocycles. The lowest BCUT2D eigenvalue weighted by molar-refractivity contribution is -0.137. The van der Waals surface area contributed by atoms with E-state index >= 15 is 0 Å². The molecule has 0 bridgehead atoms. The van der Waals surface area contributed by atoms with Gasteiger partial charge >= 0.3 is 6.18 Å². The summed E-state index contributed by atoms with van der Waals surface area (Å²) in [5.41, 5.74) is -0.0500. The summed E-state index contributed by atoms with van der Waals surface area (Å²) >= 11 is 3.29. The Morgan fingerprint density at radius 1 is 1.05 bits per heavy atom. The average Bonchev–Trinajstić information content (AvgIpc) is 2.38. The molecular weight excluding hydrogens is 335 g/mol. The number of phenols is 1. The summed E-state index contributed by atoms with van der Waals surface area (Å²) in [7, 11) is 0. The van der Waals surface area contributed by atoms with E-state index in [0.29, 0.717) is 6.07 Å². The summed E-state index contributed by atoms with van der Waals surface area (Å²) in [6, 6.07) is 9.88. The standard InChI is InChI=1S/C14H9BrF3NO/c15-11-4-1-9(2-5-11)8-19-12-6-3-10(7-13(12)20)14(16,17)18/h1-8,20H. The van der Waals surface area contributed by atoms with Crippen molar-refractivity contribution in [1.29, 1.82) is 0 Å². The molecule has 0 fully saturated rings. The third-order valence-electron chi connectivity index (χ3n) is 2.53. The Hall–Kier alpha value is -1.82. The van der Waals surface area contributed by atoms with E-state index in [4.69, 9.17) is 0 Å². The lowest BCUT2D eigenvalue weighted by Gasteiger charge is -2.07. The average molecular weight is 344 g/mol. The normalized spacial score (nSPS) is 12.0. The van der Waals surface area contributed by atoms with Crippen molar-refractivity contribution in [2.75, 3.05) is 0 Å². The second-order valence-electron chi connectivity index (χ2n) is 4.01. The number of phenolic OH excluding ortho intramolecular Hbond substituents is 1. The van der Waals surface area contributed by atoms with Crippen LogP contribution in [0.4, 0.5) is 18.9 Å². The van der Waals surface area contributed by atoms with Crippen LogP contribution in [0.5, 0.6) is 5.75 Å². The fourth-order valence-corrected chi connectivity index (χ4v) is 1.77. The largest absolute Gasteiger partial charge is 0.506 e. The number of hydrogen-bond donors (Lipinski definition) is 1. The van der Waals surface area contributed by atoms with E-state index in [1.165, 1.54) is 6.21 Å². The van der Waals surface area contributed by atoms with Gasteiger partial charge in [0.25, 0.3) is 0 Å². The van der Waals surface area contributed by atoms with Crippen molar-refractivity contribution >= 4 is 27.8 Å². The van der Waals surface area contributed by atoms with Gasteiger partial charge in [0.2, 0.25) is 0 Å². The molecule has 0 aromatic heterocycles.